The molecule has 42 heavy (non-hydrogen) atoms. The molecule has 0 aliphatic carbocycles. The highest BCUT2D eigenvalue weighted by molar-refractivity contribution is 7.46. The van der Waals surface area contributed by atoms with Gasteiger partial charge in [-0.2, -0.15) is 0 Å². The number of rotatable bonds is 32. The third-order valence-corrected chi connectivity index (χ3v) is 7.80. The molecule has 0 aromatic heterocycles. The lowest BCUT2D eigenvalue weighted by molar-refractivity contribution is -0.153. The van der Waals surface area contributed by atoms with Gasteiger partial charge in [0.25, 0.3) is 0 Å². The van der Waals surface area contributed by atoms with Crippen molar-refractivity contribution >= 4 is 13.8 Å². The lowest BCUT2D eigenvalue weighted by Crippen LogP contribution is -2.27. The fourth-order valence-corrected chi connectivity index (χ4v) is 5.11. The number of esters is 1. The summed E-state index contributed by atoms with van der Waals surface area (Å²) in [5.41, 5.74) is 0. The van der Waals surface area contributed by atoms with Gasteiger partial charge >= 0.3 is 13.8 Å². The van der Waals surface area contributed by atoms with E-state index in [-0.39, 0.29) is 13.0 Å². The first-order chi connectivity index (χ1) is 20.4. The monoisotopic (exact) mass is 616 g/mol. The van der Waals surface area contributed by atoms with Crippen LogP contribution in [0.15, 0.2) is 24.5 Å². The fraction of sp³-hybridized carbons (Fsp3) is 0.853. The Kier molecular flexibility index (Phi) is 30.4. The quantitative estimate of drug-likeness (QED) is 0.0255. The van der Waals surface area contributed by atoms with Crippen LogP contribution in [-0.4, -0.2) is 35.1 Å². The average molecular weight is 617 g/mol. The van der Waals surface area contributed by atoms with Gasteiger partial charge in [0, 0.05) is 6.42 Å². The number of allylic oxidation sites excluding steroid dienone is 3. The molecule has 0 aliphatic rings. The van der Waals surface area contributed by atoms with Crippen LogP contribution in [0.2, 0.25) is 0 Å². The molecule has 248 valence electrons. The highest BCUT2D eigenvalue weighted by atomic mass is 31.2. The first kappa shape index (κ1) is 40.9. The zero-order chi connectivity index (χ0) is 31.0. The smallest absolute Gasteiger partial charge is 0.469 e. The zero-order valence-electron chi connectivity index (χ0n) is 27.2. The second-order valence-electron chi connectivity index (χ2n) is 11.6. The number of ether oxygens (including phenoxy) is 2. The van der Waals surface area contributed by atoms with E-state index in [1.807, 2.05) is 6.08 Å². The van der Waals surface area contributed by atoms with E-state index in [0.717, 1.165) is 44.9 Å². The summed E-state index contributed by atoms with van der Waals surface area (Å²) >= 11 is 0. The van der Waals surface area contributed by atoms with Crippen molar-refractivity contribution < 1.29 is 33.1 Å². The lowest BCUT2D eigenvalue weighted by atomic mass is 10.0. The van der Waals surface area contributed by atoms with Gasteiger partial charge in [0.2, 0.25) is 0 Å². The summed E-state index contributed by atoms with van der Waals surface area (Å²) < 4.78 is 26.6. The second-order valence-corrected chi connectivity index (χ2v) is 12.8. The van der Waals surface area contributed by atoms with E-state index in [1.165, 1.54) is 103 Å². The van der Waals surface area contributed by atoms with Gasteiger partial charge in [-0.25, -0.2) is 4.57 Å². The van der Waals surface area contributed by atoms with Gasteiger partial charge in [-0.1, -0.05) is 129 Å². The van der Waals surface area contributed by atoms with Gasteiger partial charge in [0.1, 0.15) is 6.61 Å². The van der Waals surface area contributed by atoms with Crippen molar-refractivity contribution in [2.24, 2.45) is 0 Å². The highest BCUT2D eigenvalue weighted by Gasteiger charge is 2.21. The van der Waals surface area contributed by atoms with Crippen LogP contribution >= 0.6 is 7.82 Å². The van der Waals surface area contributed by atoms with E-state index in [0.29, 0.717) is 0 Å². The second kappa shape index (κ2) is 31.3. The summed E-state index contributed by atoms with van der Waals surface area (Å²) in [6, 6.07) is 0. The largest absolute Gasteiger partial charge is 0.498 e. The van der Waals surface area contributed by atoms with Crippen LogP contribution < -0.4 is 0 Å². The molecule has 0 fully saturated rings. The van der Waals surface area contributed by atoms with E-state index in [1.54, 1.807) is 6.26 Å². The Morgan fingerprint density at radius 1 is 0.619 bits per heavy atom. The number of hydrogen-bond donors (Lipinski definition) is 2. The fourth-order valence-electron chi connectivity index (χ4n) is 4.75. The van der Waals surface area contributed by atoms with Crippen molar-refractivity contribution in [1.82, 2.24) is 0 Å². The molecule has 0 saturated carbocycles. The molecule has 0 bridgehead atoms. The zero-order valence-corrected chi connectivity index (χ0v) is 28.0. The summed E-state index contributed by atoms with van der Waals surface area (Å²) in [5.74, 6) is -0.395. The number of unbranched alkanes of at least 4 members (excludes halogenated alkanes) is 20. The van der Waals surface area contributed by atoms with Crippen LogP contribution in [0.25, 0.3) is 0 Å². The third-order valence-electron chi connectivity index (χ3n) is 7.32. The van der Waals surface area contributed by atoms with E-state index >= 15 is 0 Å². The van der Waals surface area contributed by atoms with E-state index < -0.39 is 26.5 Å². The van der Waals surface area contributed by atoms with Crippen LogP contribution in [0.4, 0.5) is 0 Å². The predicted molar refractivity (Wildman–Crippen MR) is 174 cm³/mol. The number of carbonyl (C=O) groups is 1. The van der Waals surface area contributed by atoms with Gasteiger partial charge in [-0.15, -0.1) is 0 Å². The molecular weight excluding hydrogens is 551 g/mol. The molecule has 0 radical (unpaired) electrons. The topological polar surface area (TPSA) is 102 Å². The Labute approximate surface area is 258 Å². The van der Waals surface area contributed by atoms with Gasteiger partial charge < -0.3 is 19.3 Å². The van der Waals surface area contributed by atoms with Crippen molar-refractivity contribution in [2.75, 3.05) is 13.2 Å². The number of carbonyl (C=O) groups excluding carboxylic acids is 1. The molecule has 0 rings (SSSR count). The van der Waals surface area contributed by atoms with E-state index in [2.05, 4.69) is 30.5 Å². The molecular formula is C34H65O7P. The molecule has 0 aliphatic heterocycles. The summed E-state index contributed by atoms with van der Waals surface area (Å²) in [7, 11) is -4.66. The molecule has 8 heteroatoms. The first-order valence-electron chi connectivity index (χ1n) is 17.2. The van der Waals surface area contributed by atoms with E-state index in [4.69, 9.17) is 19.3 Å². The third kappa shape index (κ3) is 33.4. The molecule has 0 heterocycles. The highest BCUT2D eigenvalue weighted by Crippen LogP contribution is 2.35. The van der Waals surface area contributed by atoms with Crippen molar-refractivity contribution in [2.45, 2.75) is 174 Å². The van der Waals surface area contributed by atoms with Crippen molar-refractivity contribution in [3.63, 3.8) is 0 Å². The van der Waals surface area contributed by atoms with Crippen LogP contribution in [-0.2, 0) is 23.4 Å². The minimum Gasteiger partial charge on any atom is -0.498 e. The maximum atomic E-state index is 12.3. The van der Waals surface area contributed by atoms with Gasteiger partial charge in [-0.05, 0) is 51.0 Å². The molecule has 2 N–H and O–H groups in total. The SMILES string of the molecule is CCCCC/C=C\CCCCCCCC(=O)O[C@H](CO/C=C\CCCCCCCCCCCCCC)COP(=O)(O)O. The molecule has 1 atom stereocenters. The molecule has 0 saturated heterocycles. The Hall–Kier alpha value is -1.14. The number of phosphoric acid groups is 1. The average Bonchev–Trinajstić information content (AvgIpc) is 2.95. The Balaban J connectivity index is 3.93. The Morgan fingerprint density at radius 3 is 1.57 bits per heavy atom. The van der Waals surface area contributed by atoms with Gasteiger partial charge in [0.05, 0.1) is 12.9 Å². The number of phosphoric ester groups is 1. The molecule has 0 aromatic rings. The van der Waals surface area contributed by atoms with Gasteiger partial charge in [-0.3, -0.25) is 9.32 Å². The molecule has 0 aromatic carbocycles. The molecule has 7 nitrogen and oxygen atoms in total. The summed E-state index contributed by atoms with van der Waals surface area (Å²) in [6.45, 7) is 4.06. The maximum Gasteiger partial charge on any atom is 0.469 e. The maximum absolute atomic E-state index is 12.3. The van der Waals surface area contributed by atoms with E-state index in [9.17, 15) is 9.36 Å². The van der Waals surface area contributed by atoms with Gasteiger partial charge in [0.15, 0.2) is 6.10 Å². The predicted octanol–water partition coefficient (Wildman–Crippen LogP) is 10.5. The Bertz CT molecular complexity index is 689. The van der Waals surface area contributed by atoms with Crippen LogP contribution in [0, 0.1) is 0 Å². The summed E-state index contributed by atoms with van der Waals surface area (Å²) in [5, 5.41) is 0. The minimum atomic E-state index is -4.66. The number of hydrogen-bond acceptors (Lipinski definition) is 5. The van der Waals surface area contributed by atoms with Crippen molar-refractivity contribution in [3.8, 4) is 0 Å². The molecule has 0 spiro atoms. The standard InChI is InChI=1S/C34H65O7P/c1-3-5-7-9-11-13-15-17-18-20-22-24-26-28-30-39-31-33(32-40-42(36,37)38)41-34(35)29-27-25-23-21-19-16-14-12-10-8-6-4-2/h12,14,28,30,33H,3-11,13,15-27,29,31-32H2,1-2H3,(H2,36,37,38)/b14-12-,30-28-/t33-/m1/s1. The first-order valence-corrected chi connectivity index (χ1v) is 18.7. The lowest BCUT2D eigenvalue weighted by Gasteiger charge is -2.18. The Morgan fingerprint density at radius 2 is 1.05 bits per heavy atom. The molecule has 0 amide bonds. The van der Waals surface area contributed by atoms with Crippen LogP contribution in [0.5, 0.6) is 0 Å². The molecule has 0 unspecified atom stereocenters. The minimum absolute atomic E-state index is 0.00729. The summed E-state index contributed by atoms with van der Waals surface area (Å²) in [4.78, 5) is 30.3. The van der Waals surface area contributed by atoms with Crippen LogP contribution in [0.1, 0.15) is 168 Å². The normalized spacial score (nSPS) is 12.9. The van der Waals surface area contributed by atoms with Crippen molar-refractivity contribution in [3.05, 3.63) is 24.5 Å². The van der Waals surface area contributed by atoms with Crippen LogP contribution in [0.3, 0.4) is 0 Å². The van der Waals surface area contributed by atoms with Crippen molar-refractivity contribution in [1.29, 1.82) is 0 Å². The summed E-state index contributed by atoms with van der Waals surface area (Å²) in [6.07, 6.45) is 35.4.